The highest BCUT2D eigenvalue weighted by Gasteiger charge is 2.29. The van der Waals surface area contributed by atoms with Crippen molar-refractivity contribution in [3.63, 3.8) is 0 Å². The molecule has 2 heterocycles. The van der Waals surface area contributed by atoms with E-state index in [2.05, 4.69) is 5.32 Å². The molecule has 4 nitrogen and oxygen atoms in total. The standard InChI is InChI=1S/C18H22F2N2O2/c19-14-7-6-13(16(20)10-14)12-22-8-3-5-17(18(22)23)21-11-15-4-1-2-9-24-15/h2,6-7,9-10,15,17,21H,1,3-5,8,11-12H2. The zero-order chi connectivity index (χ0) is 16.9. The zero-order valence-electron chi connectivity index (χ0n) is 13.5. The number of benzene rings is 1. The summed E-state index contributed by atoms with van der Waals surface area (Å²) in [5.74, 6) is -1.25. The Labute approximate surface area is 140 Å². The van der Waals surface area contributed by atoms with E-state index in [4.69, 9.17) is 4.74 Å². The van der Waals surface area contributed by atoms with E-state index in [0.717, 1.165) is 31.7 Å². The Morgan fingerprint density at radius 3 is 2.92 bits per heavy atom. The third-order valence-electron chi connectivity index (χ3n) is 4.52. The van der Waals surface area contributed by atoms with E-state index in [1.54, 1.807) is 11.2 Å². The number of piperidine rings is 1. The minimum Gasteiger partial charge on any atom is -0.497 e. The molecular formula is C18H22F2N2O2. The van der Waals surface area contributed by atoms with E-state index >= 15 is 0 Å². The fourth-order valence-electron chi connectivity index (χ4n) is 3.15. The Balaban J connectivity index is 1.56. The molecule has 1 aromatic rings. The molecular weight excluding hydrogens is 314 g/mol. The average Bonchev–Trinajstić information content (AvgIpc) is 2.59. The molecule has 1 saturated heterocycles. The van der Waals surface area contributed by atoms with E-state index in [0.29, 0.717) is 18.7 Å². The molecule has 0 aliphatic carbocycles. The Morgan fingerprint density at radius 2 is 2.17 bits per heavy atom. The topological polar surface area (TPSA) is 41.6 Å². The predicted octanol–water partition coefficient (Wildman–Crippen LogP) is 2.74. The summed E-state index contributed by atoms with van der Waals surface area (Å²) in [7, 11) is 0. The number of nitrogens with zero attached hydrogens (tertiary/aromatic N) is 1. The molecule has 1 amide bonds. The molecule has 1 fully saturated rings. The van der Waals surface area contributed by atoms with Gasteiger partial charge in [-0.15, -0.1) is 0 Å². The molecule has 0 aromatic heterocycles. The summed E-state index contributed by atoms with van der Waals surface area (Å²) in [5.41, 5.74) is 0.339. The van der Waals surface area contributed by atoms with Crippen LogP contribution in [0.2, 0.25) is 0 Å². The number of rotatable bonds is 5. The number of halogens is 2. The van der Waals surface area contributed by atoms with Crippen molar-refractivity contribution in [3.8, 4) is 0 Å². The number of carbonyl (C=O) groups is 1. The van der Waals surface area contributed by atoms with Crippen LogP contribution >= 0.6 is 0 Å². The first-order chi connectivity index (χ1) is 11.6. The molecule has 2 unspecified atom stereocenters. The van der Waals surface area contributed by atoms with Gasteiger partial charge in [-0.25, -0.2) is 8.78 Å². The molecule has 1 aromatic carbocycles. The number of allylic oxidation sites excluding steroid dienone is 1. The second kappa shape index (κ2) is 7.75. The molecule has 6 heteroatoms. The quantitative estimate of drug-likeness (QED) is 0.899. The van der Waals surface area contributed by atoms with Crippen LogP contribution in [0.3, 0.4) is 0 Å². The van der Waals surface area contributed by atoms with Gasteiger partial charge in [0.25, 0.3) is 0 Å². The first-order valence-electron chi connectivity index (χ1n) is 8.40. The van der Waals surface area contributed by atoms with E-state index in [1.807, 2.05) is 6.08 Å². The van der Waals surface area contributed by atoms with Gasteiger partial charge in [0.2, 0.25) is 5.91 Å². The summed E-state index contributed by atoms with van der Waals surface area (Å²) in [6, 6.07) is 3.21. The van der Waals surface area contributed by atoms with Gasteiger partial charge in [-0.2, -0.15) is 0 Å². The summed E-state index contributed by atoms with van der Waals surface area (Å²) in [6.07, 6.45) is 7.34. The minimum atomic E-state index is -0.611. The average molecular weight is 336 g/mol. The van der Waals surface area contributed by atoms with Crippen molar-refractivity contribution in [2.24, 2.45) is 0 Å². The lowest BCUT2D eigenvalue weighted by Crippen LogP contribution is -2.51. The molecule has 1 N–H and O–H groups in total. The fourth-order valence-corrected chi connectivity index (χ4v) is 3.15. The Bertz CT molecular complexity index is 621. The largest absolute Gasteiger partial charge is 0.497 e. The lowest BCUT2D eigenvalue weighted by molar-refractivity contribution is -0.136. The number of hydrogen-bond acceptors (Lipinski definition) is 3. The Morgan fingerprint density at radius 1 is 1.29 bits per heavy atom. The maximum absolute atomic E-state index is 13.8. The van der Waals surface area contributed by atoms with Gasteiger partial charge in [-0.05, 0) is 37.8 Å². The van der Waals surface area contributed by atoms with Crippen LogP contribution in [0.15, 0.2) is 30.5 Å². The number of hydrogen-bond donors (Lipinski definition) is 1. The van der Waals surface area contributed by atoms with Gasteiger partial charge in [-0.1, -0.05) is 6.07 Å². The lowest BCUT2D eigenvalue weighted by atomic mass is 10.0. The van der Waals surface area contributed by atoms with E-state index in [-0.39, 0.29) is 24.6 Å². The number of amides is 1. The van der Waals surface area contributed by atoms with Crippen LogP contribution in [-0.2, 0) is 16.1 Å². The molecule has 0 radical (unpaired) electrons. The van der Waals surface area contributed by atoms with Gasteiger partial charge in [-0.3, -0.25) is 4.79 Å². The van der Waals surface area contributed by atoms with Crippen molar-refractivity contribution >= 4 is 5.91 Å². The van der Waals surface area contributed by atoms with Crippen molar-refractivity contribution in [1.82, 2.24) is 10.2 Å². The van der Waals surface area contributed by atoms with Crippen molar-refractivity contribution < 1.29 is 18.3 Å². The highest BCUT2D eigenvalue weighted by Crippen LogP contribution is 2.18. The van der Waals surface area contributed by atoms with Gasteiger partial charge in [0.15, 0.2) is 0 Å². The molecule has 24 heavy (non-hydrogen) atoms. The SMILES string of the molecule is O=C1C(NCC2CCC=CO2)CCCN1Cc1ccc(F)cc1F. The van der Waals surface area contributed by atoms with Gasteiger partial charge in [0.05, 0.1) is 12.3 Å². The maximum Gasteiger partial charge on any atom is 0.240 e. The summed E-state index contributed by atoms with van der Waals surface area (Å²) >= 11 is 0. The Kier molecular flexibility index (Phi) is 5.45. The molecule has 0 bridgehead atoms. The van der Waals surface area contributed by atoms with E-state index in [9.17, 15) is 13.6 Å². The van der Waals surface area contributed by atoms with Gasteiger partial charge in [0.1, 0.15) is 17.7 Å². The second-order valence-electron chi connectivity index (χ2n) is 6.31. The summed E-state index contributed by atoms with van der Waals surface area (Å²) in [6.45, 7) is 1.39. The fraction of sp³-hybridized carbons (Fsp3) is 0.500. The second-order valence-corrected chi connectivity index (χ2v) is 6.31. The van der Waals surface area contributed by atoms with Gasteiger partial charge >= 0.3 is 0 Å². The predicted molar refractivity (Wildman–Crippen MR) is 86.0 cm³/mol. The summed E-state index contributed by atoms with van der Waals surface area (Å²) < 4.78 is 32.3. The highest BCUT2D eigenvalue weighted by molar-refractivity contribution is 5.82. The summed E-state index contributed by atoms with van der Waals surface area (Å²) in [4.78, 5) is 14.2. The van der Waals surface area contributed by atoms with E-state index < -0.39 is 11.6 Å². The van der Waals surface area contributed by atoms with Crippen LogP contribution in [0.5, 0.6) is 0 Å². The highest BCUT2D eigenvalue weighted by atomic mass is 19.1. The molecule has 0 saturated carbocycles. The van der Waals surface area contributed by atoms with Crippen LogP contribution in [0.4, 0.5) is 8.78 Å². The number of carbonyl (C=O) groups excluding carboxylic acids is 1. The van der Waals surface area contributed by atoms with Crippen LogP contribution in [0.1, 0.15) is 31.2 Å². The normalized spacial score (nSPS) is 24.1. The van der Waals surface area contributed by atoms with Crippen molar-refractivity contribution in [3.05, 3.63) is 47.7 Å². The molecule has 2 aliphatic rings. The minimum absolute atomic E-state index is 0.0312. The third-order valence-corrected chi connectivity index (χ3v) is 4.52. The van der Waals surface area contributed by atoms with Crippen LogP contribution in [0.25, 0.3) is 0 Å². The third kappa shape index (κ3) is 4.12. The van der Waals surface area contributed by atoms with Crippen LogP contribution < -0.4 is 5.32 Å². The lowest BCUT2D eigenvalue weighted by Gasteiger charge is -2.33. The van der Waals surface area contributed by atoms with E-state index in [1.165, 1.54) is 12.1 Å². The van der Waals surface area contributed by atoms with Crippen molar-refractivity contribution in [2.45, 2.75) is 44.4 Å². The summed E-state index contributed by atoms with van der Waals surface area (Å²) in [5, 5.41) is 3.28. The Hall–Kier alpha value is -1.95. The molecule has 2 atom stereocenters. The van der Waals surface area contributed by atoms with Crippen molar-refractivity contribution in [2.75, 3.05) is 13.1 Å². The van der Waals surface area contributed by atoms with Crippen LogP contribution in [0, 0.1) is 11.6 Å². The molecule has 0 spiro atoms. The number of likely N-dealkylation sites (tertiary alicyclic amines) is 1. The van der Waals surface area contributed by atoms with Gasteiger partial charge in [0, 0.05) is 31.3 Å². The number of nitrogens with one attached hydrogen (secondary N) is 1. The smallest absolute Gasteiger partial charge is 0.240 e. The molecule has 3 rings (SSSR count). The van der Waals surface area contributed by atoms with Crippen LogP contribution in [-0.4, -0.2) is 36.0 Å². The molecule has 2 aliphatic heterocycles. The van der Waals surface area contributed by atoms with Gasteiger partial charge < -0.3 is 15.0 Å². The first kappa shape index (κ1) is 16.9. The van der Waals surface area contributed by atoms with Crippen molar-refractivity contribution in [1.29, 1.82) is 0 Å². The first-order valence-corrected chi connectivity index (χ1v) is 8.40. The molecule has 130 valence electrons. The zero-order valence-corrected chi connectivity index (χ0v) is 13.5. The monoisotopic (exact) mass is 336 g/mol. The maximum atomic E-state index is 13.8. The number of ether oxygens (including phenoxy) is 1.